The van der Waals surface area contributed by atoms with E-state index in [9.17, 15) is 0 Å². The Hall–Kier alpha value is -2.76. The third-order valence-corrected chi connectivity index (χ3v) is 4.04. The quantitative estimate of drug-likeness (QED) is 0.596. The van der Waals surface area contributed by atoms with Crippen LogP contribution in [-0.2, 0) is 6.61 Å². The highest BCUT2D eigenvalue weighted by Gasteiger charge is 2.10. The molecule has 4 aromatic rings. The Morgan fingerprint density at radius 2 is 1.92 bits per heavy atom. The van der Waals surface area contributed by atoms with Crippen LogP contribution in [0.25, 0.3) is 33.8 Å². The zero-order valence-corrected chi connectivity index (χ0v) is 13.3. The number of para-hydroxylation sites is 2. The van der Waals surface area contributed by atoms with Crippen LogP contribution in [0.2, 0.25) is 5.02 Å². The van der Waals surface area contributed by atoms with E-state index in [0.717, 1.165) is 28.1 Å². The van der Waals surface area contributed by atoms with Crippen molar-refractivity contribution < 1.29 is 5.11 Å². The molecule has 0 fully saturated rings. The fourth-order valence-electron chi connectivity index (χ4n) is 2.52. The topological polar surface area (TPSA) is 74.7 Å². The van der Waals surface area contributed by atoms with Crippen molar-refractivity contribution in [3.05, 3.63) is 65.4 Å². The maximum atomic E-state index is 9.12. The molecule has 0 aliphatic rings. The molecule has 24 heavy (non-hydrogen) atoms. The molecule has 3 heterocycles. The summed E-state index contributed by atoms with van der Waals surface area (Å²) in [6.45, 7) is -0.0871. The lowest BCUT2D eigenvalue weighted by Crippen LogP contribution is -1.92. The number of halogens is 1. The highest BCUT2D eigenvalue weighted by Crippen LogP contribution is 2.27. The summed E-state index contributed by atoms with van der Waals surface area (Å²) in [6, 6.07) is 13.3. The maximum absolute atomic E-state index is 9.12. The van der Waals surface area contributed by atoms with Gasteiger partial charge in [-0.1, -0.05) is 23.7 Å². The number of fused-ring (bicyclic) bond motifs is 1. The summed E-state index contributed by atoms with van der Waals surface area (Å²) in [4.78, 5) is 16.6. The van der Waals surface area contributed by atoms with E-state index in [-0.39, 0.29) is 6.61 Å². The third-order valence-electron chi connectivity index (χ3n) is 3.75. The molecule has 0 radical (unpaired) electrons. The Kier molecular flexibility index (Phi) is 3.72. The van der Waals surface area contributed by atoms with Crippen LogP contribution in [0.5, 0.6) is 0 Å². The van der Waals surface area contributed by atoms with Gasteiger partial charge in [-0.25, -0.2) is 4.98 Å². The SMILES string of the molecule is OCc1cnc(-c2ccc(-c3nc4ccccc4[nH]3)nc2)c(Cl)c1. The van der Waals surface area contributed by atoms with Gasteiger partial charge in [0.05, 0.1) is 28.4 Å². The summed E-state index contributed by atoms with van der Waals surface area (Å²) in [5, 5.41) is 9.61. The largest absolute Gasteiger partial charge is 0.392 e. The first-order chi connectivity index (χ1) is 11.7. The van der Waals surface area contributed by atoms with Crippen LogP contribution >= 0.6 is 11.6 Å². The molecule has 0 bridgehead atoms. The first kappa shape index (κ1) is 14.8. The third kappa shape index (κ3) is 2.64. The van der Waals surface area contributed by atoms with Crippen molar-refractivity contribution >= 4 is 22.6 Å². The van der Waals surface area contributed by atoms with Crippen molar-refractivity contribution in [3.63, 3.8) is 0 Å². The number of rotatable bonds is 3. The Labute approximate surface area is 143 Å². The van der Waals surface area contributed by atoms with Crippen LogP contribution in [0.4, 0.5) is 0 Å². The van der Waals surface area contributed by atoms with E-state index < -0.39 is 0 Å². The summed E-state index contributed by atoms with van der Waals surface area (Å²) >= 11 is 6.23. The average Bonchev–Trinajstić information content (AvgIpc) is 3.06. The molecule has 0 aliphatic carbocycles. The van der Waals surface area contributed by atoms with Gasteiger partial charge in [-0.05, 0) is 35.9 Å². The molecule has 0 saturated carbocycles. The number of hydrogen-bond acceptors (Lipinski definition) is 4. The van der Waals surface area contributed by atoms with Crippen molar-refractivity contribution in [1.82, 2.24) is 19.9 Å². The molecule has 2 N–H and O–H groups in total. The second kappa shape index (κ2) is 6.03. The van der Waals surface area contributed by atoms with Crippen LogP contribution < -0.4 is 0 Å². The van der Waals surface area contributed by atoms with Gasteiger partial charge in [-0.2, -0.15) is 0 Å². The minimum absolute atomic E-state index is 0.0871. The van der Waals surface area contributed by atoms with Crippen molar-refractivity contribution in [1.29, 1.82) is 0 Å². The van der Waals surface area contributed by atoms with E-state index >= 15 is 0 Å². The van der Waals surface area contributed by atoms with Crippen molar-refractivity contribution in [2.45, 2.75) is 6.61 Å². The number of pyridine rings is 2. The maximum Gasteiger partial charge on any atom is 0.157 e. The van der Waals surface area contributed by atoms with Crippen molar-refractivity contribution in [2.24, 2.45) is 0 Å². The van der Waals surface area contributed by atoms with E-state index in [0.29, 0.717) is 16.3 Å². The smallest absolute Gasteiger partial charge is 0.157 e. The van der Waals surface area contributed by atoms with Crippen LogP contribution in [-0.4, -0.2) is 25.0 Å². The predicted octanol–water partition coefficient (Wildman–Crippen LogP) is 3.83. The minimum Gasteiger partial charge on any atom is -0.392 e. The van der Waals surface area contributed by atoms with Crippen LogP contribution in [0.15, 0.2) is 54.9 Å². The standard InChI is InChI=1S/C18H13ClN4O/c19-13-7-11(10-24)8-21-17(13)12-5-6-16(20-9-12)18-22-14-3-1-2-4-15(14)23-18/h1-9,24H,10H2,(H,22,23). The molecule has 0 unspecified atom stereocenters. The number of aromatic nitrogens is 4. The lowest BCUT2D eigenvalue weighted by Gasteiger charge is -2.05. The molecule has 6 heteroatoms. The van der Waals surface area contributed by atoms with E-state index in [1.54, 1.807) is 18.5 Å². The number of H-pyrrole nitrogens is 1. The number of aromatic amines is 1. The van der Waals surface area contributed by atoms with Gasteiger partial charge in [-0.15, -0.1) is 0 Å². The number of aliphatic hydroxyl groups is 1. The zero-order chi connectivity index (χ0) is 16.5. The fourth-order valence-corrected chi connectivity index (χ4v) is 2.82. The van der Waals surface area contributed by atoms with Gasteiger partial charge in [-0.3, -0.25) is 9.97 Å². The highest BCUT2D eigenvalue weighted by molar-refractivity contribution is 6.33. The van der Waals surface area contributed by atoms with Gasteiger partial charge >= 0.3 is 0 Å². The molecule has 1 aromatic carbocycles. The minimum atomic E-state index is -0.0871. The molecule has 5 nitrogen and oxygen atoms in total. The number of nitrogens with zero attached hydrogens (tertiary/aromatic N) is 3. The molecule has 0 amide bonds. The second-order valence-corrected chi connectivity index (χ2v) is 5.77. The fraction of sp³-hybridized carbons (Fsp3) is 0.0556. The van der Waals surface area contributed by atoms with E-state index in [1.807, 2.05) is 36.4 Å². The lowest BCUT2D eigenvalue weighted by atomic mass is 10.1. The number of benzene rings is 1. The van der Waals surface area contributed by atoms with E-state index in [1.165, 1.54) is 0 Å². The van der Waals surface area contributed by atoms with Gasteiger partial charge in [0.1, 0.15) is 5.69 Å². The van der Waals surface area contributed by atoms with Gasteiger partial charge in [0, 0.05) is 18.0 Å². The average molecular weight is 337 g/mol. The Morgan fingerprint density at radius 3 is 2.62 bits per heavy atom. The molecule has 0 spiro atoms. The summed E-state index contributed by atoms with van der Waals surface area (Å²) in [5.41, 5.74) is 4.75. The van der Waals surface area contributed by atoms with Crippen LogP contribution in [0.3, 0.4) is 0 Å². The number of nitrogens with one attached hydrogen (secondary N) is 1. The normalized spacial score (nSPS) is 11.1. The molecule has 4 rings (SSSR count). The molecule has 118 valence electrons. The van der Waals surface area contributed by atoms with Crippen molar-refractivity contribution in [2.75, 3.05) is 0 Å². The second-order valence-electron chi connectivity index (χ2n) is 5.37. The summed E-state index contributed by atoms with van der Waals surface area (Å²) < 4.78 is 0. The number of imidazole rings is 1. The van der Waals surface area contributed by atoms with Gasteiger partial charge in [0.2, 0.25) is 0 Å². The highest BCUT2D eigenvalue weighted by atomic mass is 35.5. The monoisotopic (exact) mass is 336 g/mol. The first-order valence-corrected chi connectivity index (χ1v) is 7.79. The summed E-state index contributed by atoms with van der Waals surface area (Å²) in [5.74, 6) is 0.720. The lowest BCUT2D eigenvalue weighted by molar-refractivity contribution is 0.281. The van der Waals surface area contributed by atoms with Gasteiger partial charge in [0.15, 0.2) is 5.82 Å². The van der Waals surface area contributed by atoms with Crippen LogP contribution in [0.1, 0.15) is 5.56 Å². The molecule has 3 aromatic heterocycles. The zero-order valence-electron chi connectivity index (χ0n) is 12.6. The van der Waals surface area contributed by atoms with Gasteiger partial charge < -0.3 is 10.1 Å². The molecular formula is C18H13ClN4O. The Bertz CT molecular complexity index is 978. The predicted molar refractivity (Wildman–Crippen MR) is 93.5 cm³/mol. The van der Waals surface area contributed by atoms with Crippen LogP contribution in [0, 0.1) is 0 Å². The Morgan fingerprint density at radius 1 is 1.04 bits per heavy atom. The molecule has 0 saturated heterocycles. The summed E-state index contributed by atoms with van der Waals surface area (Å²) in [7, 11) is 0. The molecule has 0 aliphatic heterocycles. The van der Waals surface area contributed by atoms with E-state index in [4.69, 9.17) is 16.7 Å². The summed E-state index contributed by atoms with van der Waals surface area (Å²) in [6.07, 6.45) is 3.32. The van der Waals surface area contributed by atoms with Gasteiger partial charge in [0.25, 0.3) is 0 Å². The van der Waals surface area contributed by atoms with Crippen molar-refractivity contribution in [3.8, 4) is 22.8 Å². The molecular weight excluding hydrogens is 324 g/mol. The first-order valence-electron chi connectivity index (χ1n) is 7.41. The number of hydrogen-bond donors (Lipinski definition) is 2. The molecule has 0 atom stereocenters. The Balaban J connectivity index is 1.69. The van der Waals surface area contributed by atoms with E-state index in [2.05, 4.69) is 19.9 Å². The number of aliphatic hydroxyl groups excluding tert-OH is 1.